The zero-order valence-electron chi connectivity index (χ0n) is 6.24. The maximum Gasteiger partial charge on any atom is 0.0493 e. The van der Waals surface area contributed by atoms with Crippen molar-refractivity contribution in [3.63, 3.8) is 0 Å². The Hall–Kier alpha value is -1.10. The fourth-order valence-corrected chi connectivity index (χ4v) is 0.686. The van der Waals surface area contributed by atoms with E-state index in [9.17, 15) is 5.21 Å². The average Bonchev–Trinajstić information content (AvgIpc) is 2.06. The summed E-state index contributed by atoms with van der Waals surface area (Å²) in [6.07, 6.45) is 0. The standard InChI is InChI=1S/C7H10N3O/c1-8-10(11)9-7-5-3-2-4-6-7/h2-6,8-9H,1H3/q-1. The van der Waals surface area contributed by atoms with Gasteiger partial charge in [-0.3, -0.25) is 5.43 Å². The zero-order chi connectivity index (χ0) is 8.10. The quantitative estimate of drug-likeness (QED) is 0.633. The van der Waals surface area contributed by atoms with Crippen LogP contribution in [0.2, 0.25) is 0 Å². The number of para-hydroxylation sites is 1. The number of nitrogens with zero attached hydrogens (tertiary/aromatic N) is 1. The fourth-order valence-electron chi connectivity index (χ4n) is 0.686. The third kappa shape index (κ3) is 2.55. The van der Waals surface area contributed by atoms with E-state index in [4.69, 9.17) is 0 Å². The van der Waals surface area contributed by atoms with Gasteiger partial charge in [-0.1, -0.05) is 18.2 Å². The van der Waals surface area contributed by atoms with Gasteiger partial charge in [0.1, 0.15) is 0 Å². The van der Waals surface area contributed by atoms with Crippen LogP contribution in [0.15, 0.2) is 30.3 Å². The molecule has 1 rings (SSSR count). The van der Waals surface area contributed by atoms with Crippen molar-refractivity contribution in [1.29, 1.82) is 0 Å². The highest BCUT2D eigenvalue weighted by Gasteiger charge is 1.86. The molecule has 0 aliphatic heterocycles. The number of hydrogen-bond donors (Lipinski definition) is 2. The van der Waals surface area contributed by atoms with E-state index in [0.29, 0.717) is 5.28 Å². The SMILES string of the molecule is CNN([O-])Nc1ccccc1. The third-order valence-corrected chi connectivity index (χ3v) is 1.21. The first kappa shape index (κ1) is 8.00. The van der Waals surface area contributed by atoms with Crippen molar-refractivity contribution in [2.45, 2.75) is 0 Å². The maximum atomic E-state index is 10.7. The van der Waals surface area contributed by atoms with Gasteiger partial charge < -0.3 is 10.6 Å². The number of hydrazine groups is 2. The Bertz CT molecular complexity index is 202. The molecule has 60 valence electrons. The van der Waals surface area contributed by atoms with Crippen molar-refractivity contribution >= 4 is 5.69 Å². The van der Waals surface area contributed by atoms with E-state index in [1.165, 1.54) is 0 Å². The number of rotatable bonds is 3. The van der Waals surface area contributed by atoms with E-state index < -0.39 is 0 Å². The Balaban J connectivity index is 2.51. The molecule has 0 bridgehead atoms. The molecule has 0 unspecified atom stereocenters. The second-order valence-electron chi connectivity index (χ2n) is 2.00. The molecule has 1 aromatic rings. The van der Waals surface area contributed by atoms with Crippen molar-refractivity contribution in [3.8, 4) is 0 Å². The normalized spacial score (nSPS) is 10.1. The van der Waals surface area contributed by atoms with Gasteiger partial charge in [-0.25, -0.2) is 5.28 Å². The topological polar surface area (TPSA) is 50.4 Å². The van der Waals surface area contributed by atoms with E-state index in [1.54, 1.807) is 7.05 Å². The Morgan fingerprint density at radius 2 is 1.91 bits per heavy atom. The van der Waals surface area contributed by atoms with E-state index in [2.05, 4.69) is 10.9 Å². The molecule has 0 saturated carbocycles. The highest BCUT2D eigenvalue weighted by Crippen LogP contribution is 2.04. The molecule has 0 heterocycles. The van der Waals surface area contributed by atoms with Gasteiger partial charge in [0.2, 0.25) is 0 Å². The monoisotopic (exact) mass is 152 g/mol. The van der Waals surface area contributed by atoms with Crippen LogP contribution < -0.4 is 10.9 Å². The van der Waals surface area contributed by atoms with Crippen LogP contribution in [-0.2, 0) is 0 Å². The first-order chi connectivity index (χ1) is 5.33. The van der Waals surface area contributed by atoms with Crippen molar-refractivity contribution < 1.29 is 0 Å². The van der Waals surface area contributed by atoms with E-state index in [0.717, 1.165) is 5.69 Å². The lowest BCUT2D eigenvalue weighted by molar-refractivity contribution is 0.361. The van der Waals surface area contributed by atoms with Crippen molar-refractivity contribution in [3.05, 3.63) is 35.5 Å². The molecular weight excluding hydrogens is 142 g/mol. The highest BCUT2D eigenvalue weighted by molar-refractivity contribution is 5.41. The number of benzene rings is 1. The number of anilines is 1. The van der Waals surface area contributed by atoms with Crippen LogP contribution in [-0.4, -0.2) is 12.3 Å². The summed E-state index contributed by atoms with van der Waals surface area (Å²) in [5.41, 5.74) is 5.70. The summed E-state index contributed by atoms with van der Waals surface area (Å²) in [4.78, 5) is 0. The average molecular weight is 152 g/mol. The molecule has 0 spiro atoms. The van der Waals surface area contributed by atoms with Crippen LogP contribution >= 0.6 is 0 Å². The molecule has 0 aliphatic rings. The molecule has 0 saturated heterocycles. The second-order valence-corrected chi connectivity index (χ2v) is 2.00. The summed E-state index contributed by atoms with van der Waals surface area (Å²) < 4.78 is 0. The fraction of sp³-hybridized carbons (Fsp3) is 0.143. The largest absolute Gasteiger partial charge is 0.753 e. The molecule has 0 radical (unpaired) electrons. The lowest BCUT2D eigenvalue weighted by atomic mass is 10.3. The number of hydrogen-bond acceptors (Lipinski definition) is 4. The van der Waals surface area contributed by atoms with Crippen molar-refractivity contribution in [1.82, 2.24) is 10.7 Å². The predicted octanol–water partition coefficient (Wildman–Crippen LogP) is 0.948. The van der Waals surface area contributed by atoms with Gasteiger partial charge in [0.05, 0.1) is 0 Å². The molecule has 0 atom stereocenters. The molecule has 11 heavy (non-hydrogen) atoms. The lowest BCUT2D eigenvalue weighted by Crippen LogP contribution is -2.34. The van der Waals surface area contributed by atoms with Gasteiger partial charge in [0.15, 0.2) is 0 Å². The van der Waals surface area contributed by atoms with Gasteiger partial charge in [0.25, 0.3) is 0 Å². The zero-order valence-corrected chi connectivity index (χ0v) is 6.24. The molecule has 2 N–H and O–H groups in total. The van der Waals surface area contributed by atoms with Crippen LogP contribution in [0, 0.1) is 5.21 Å². The summed E-state index contributed by atoms with van der Waals surface area (Å²) in [5, 5.41) is 11.2. The Morgan fingerprint density at radius 3 is 2.45 bits per heavy atom. The summed E-state index contributed by atoms with van der Waals surface area (Å²) >= 11 is 0. The second kappa shape index (κ2) is 3.92. The summed E-state index contributed by atoms with van der Waals surface area (Å²) in [6, 6.07) is 9.21. The molecule has 4 nitrogen and oxygen atoms in total. The van der Waals surface area contributed by atoms with E-state index in [1.807, 2.05) is 30.3 Å². The van der Waals surface area contributed by atoms with Gasteiger partial charge in [-0.2, -0.15) is 0 Å². The highest BCUT2D eigenvalue weighted by atomic mass is 16.6. The van der Waals surface area contributed by atoms with Crippen LogP contribution in [0.25, 0.3) is 0 Å². The minimum absolute atomic E-state index is 0.537. The molecular formula is C7H10N3O-. The van der Waals surface area contributed by atoms with Crippen molar-refractivity contribution in [2.24, 2.45) is 0 Å². The van der Waals surface area contributed by atoms with Crippen LogP contribution in [0.5, 0.6) is 0 Å². The minimum atomic E-state index is 0.537. The minimum Gasteiger partial charge on any atom is -0.753 e. The first-order valence-electron chi connectivity index (χ1n) is 3.29. The van der Waals surface area contributed by atoms with Gasteiger partial charge in [0, 0.05) is 5.69 Å². The Kier molecular flexibility index (Phi) is 2.85. The van der Waals surface area contributed by atoms with Gasteiger partial charge in [-0.15, -0.1) is 0 Å². The first-order valence-corrected chi connectivity index (χ1v) is 3.29. The van der Waals surface area contributed by atoms with Gasteiger partial charge in [-0.05, 0) is 19.2 Å². The summed E-state index contributed by atoms with van der Waals surface area (Å²) in [7, 11) is 1.54. The maximum absolute atomic E-state index is 10.7. The number of nitrogens with one attached hydrogen (secondary N) is 2. The predicted molar refractivity (Wildman–Crippen MR) is 44.3 cm³/mol. The van der Waals surface area contributed by atoms with Crippen LogP contribution in [0.1, 0.15) is 0 Å². The summed E-state index contributed by atoms with van der Waals surface area (Å²) in [5.74, 6) is 0. The smallest absolute Gasteiger partial charge is 0.0493 e. The molecule has 0 fully saturated rings. The van der Waals surface area contributed by atoms with Gasteiger partial charge >= 0.3 is 0 Å². The molecule has 0 aromatic heterocycles. The summed E-state index contributed by atoms with van der Waals surface area (Å²) in [6.45, 7) is 0. The molecule has 1 aromatic carbocycles. The van der Waals surface area contributed by atoms with E-state index in [-0.39, 0.29) is 0 Å². The van der Waals surface area contributed by atoms with Crippen LogP contribution in [0.4, 0.5) is 5.69 Å². The van der Waals surface area contributed by atoms with Crippen molar-refractivity contribution in [2.75, 3.05) is 12.5 Å². The third-order valence-electron chi connectivity index (χ3n) is 1.21. The lowest BCUT2D eigenvalue weighted by Gasteiger charge is -2.27. The molecule has 0 amide bonds. The Morgan fingerprint density at radius 1 is 1.27 bits per heavy atom. The van der Waals surface area contributed by atoms with Crippen LogP contribution in [0.3, 0.4) is 0 Å². The molecule has 0 aliphatic carbocycles. The Labute approximate surface area is 65.3 Å². The molecule has 4 heteroatoms. The van der Waals surface area contributed by atoms with E-state index >= 15 is 0 Å².